The number of hydrogen-bond acceptors (Lipinski definition) is 8. The number of hydrogen-bond donors (Lipinski definition) is 2. The Kier molecular flexibility index (Phi) is 9.00. The van der Waals surface area contributed by atoms with Gasteiger partial charge >= 0.3 is 5.97 Å². The third kappa shape index (κ3) is 5.02. The lowest BCUT2D eigenvalue weighted by Crippen LogP contribution is -2.70. The van der Waals surface area contributed by atoms with Crippen LogP contribution in [-0.2, 0) is 14.3 Å². The number of nitrogens with two attached hydrogens (primary N) is 1. The van der Waals surface area contributed by atoms with Gasteiger partial charge in [0.2, 0.25) is 0 Å². The van der Waals surface area contributed by atoms with Crippen molar-refractivity contribution >= 4 is 11.9 Å². The summed E-state index contributed by atoms with van der Waals surface area (Å²) in [7, 11) is 4.28. The minimum atomic E-state index is -0.633. The number of allylic oxidation sites excluding steroid dienone is 1. The fourth-order valence-corrected chi connectivity index (χ4v) is 12.5. The monoisotopic (exact) mass is 683 g/mol. The molecule has 49 heavy (non-hydrogen) atoms. The molecule has 3 saturated carbocycles. The first-order valence-corrected chi connectivity index (χ1v) is 19.1. The van der Waals surface area contributed by atoms with E-state index < -0.39 is 17.3 Å². The molecule has 2 heterocycles. The Morgan fingerprint density at radius 3 is 2.39 bits per heavy atom. The van der Waals surface area contributed by atoms with Crippen LogP contribution in [0.2, 0.25) is 0 Å². The van der Waals surface area contributed by atoms with Crippen molar-refractivity contribution in [2.75, 3.05) is 39.6 Å². The number of anilines is 1. The maximum atomic E-state index is 13.5. The van der Waals surface area contributed by atoms with Crippen LogP contribution in [0.25, 0.3) is 0 Å². The topological polar surface area (TPSA) is 129 Å². The number of likely N-dealkylation sites (N-methyl/N-ethyl adjacent to an activating group) is 1. The summed E-state index contributed by atoms with van der Waals surface area (Å²) in [5.74, 6) is 0.774. The predicted molar refractivity (Wildman–Crippen MR) is 192 cm³/mol. The van der Waals surface area contributed by atoms with Gasteiger partial charge < -0.3 is 25.2 Å². The van der Waals surface area contributed by atoms with Gasteiger partial charge in [0.15, 0.2) is 0 Å². The van der Waals surface area contributed by atoms with Crippen LogP contribution in [0.4, 0.5) is 5.95 Å². The van der Waals surface area contributed by atoms with Gasteiger partial charge in [0.05, 0.1) is 31.8 Å². The van der Waals surface area contributed by atoms with Crippen LogP contribution in [0.15, 0.2) is 11.6 Å². The second-order valence-electron chi connectivity index (χ2n) is 19.3. The number of ether oxygens (including phenoxy) is 2. The second kappa shape index (κ2) is 12.0. The van der Waals surface area contributed by atoms with E-state index in [1.165, 1.54) is 5.57 Å². The van der Waals surface area contributed by atoms with Crippen molar-refractivity contribution in [3.63, 3.8) is 0 Å². The Balaban J connectivity index is 1.52. The molecule has 1 aromatic heterocycles. The van der Waals surface area contributed by atoms with E-state index in [1.54, 1.807) is 4.80 Å². The molecular weight excluding hydrogens is 616 g/mol. The van der Waals surface area contributed by atoms with Gasteiger partial charge in [0.25, 0.3) is 5.95 Å². The molecular formula is C39H66N6O4. The number of aliphatic carboxylic acids is 1. The highest BCUT2D eigenvalue weighted by Gasteiger charge is 2.73. The van der Waals surface area contributed by atoms with E-state index in [2.05, 4.69) is 110 Å². The van der Waals surface area contributed by atoms with Crippen LogP contribution in [0.5, 0.6) is 0 Å². The van der Waals surface area contributed by atoms with Crippen LogP contribution in [0.1, 0.15) is 114 Å². The van der Waals surface area contributed by atoms with Gasteiger partial charge in [0, 0.05) is 11.0 Å². The third-order valence-electron chi connectivity index (χ3n) is 16.6. The number of nitrogen functional groups attached to an aromatic ring is 1. The van der Waals surface area contributed by atoms with E-state index in [-0.39, 0.29) is 51.2 Å². The van der Waals surface area contributed by atoms with Crippen molar-refractivity contribution in [1.82, 2.24) is 25.1 Å². The number of nitrogens with zero attached hydrogens (tertiary/aromatic N) is 5. The van der Waals surface area contributed by atoms with Gasteiger partial charge in [-0.25, -0.2) is 0 Å². The summed E-state index contributed by atoms with van der Waals surface area (Å²) in [6.07, 6.45) is 7.86. The Morgan fingerprint density at radius 2 is 1.82 bits per heavy atom. The molecule has 5 aliphatic rings. The number of carboxylic acids is 1. The summed E-state index contributed by atoms with van der Waals surface area (Å²) in [5.41, 5.74) is 5.98. The van der Waals surface area contributed by atoms with Gasteiger partial charge in [0.1, 0.15) is 6.04 Å². The van der Waals surface area contributed by atoms with Crippen molar-refractivity contribution in [2.45, 2.75) is 125 Å². The average molecular weight is 683 g/mol. The molecule has 12 atom stereocenters. The van der Waals surface area contributed by atoms with Gasteiger partial charge in [-0.1, -0.05) is 79.1 Å². The van der Waals surface area contributed by atoms with E-state index >= 15 is 0 Å². The third-order valence-corrected chi connectivity index (χ3v) is 16.6. The highest BCUT2D eigenvalue weighted by Crippen LogP contribution is 2.75. The summed E-state index contributed by atoms with van der Waals surface area (Å²) >= 11 is 0. The Bertz CT molecular complexity index is 1450. The smallest absolute Gasteiger partial charge is 0.307 e. The van der Waals surface area contributed by atoms with E-state index in [0.717, 1.165) is 38.5 Å². The lowest BCUT2D eigenvalue weighted by molar-refractivity contribution is -0.258. The summed E-state index contributed by atoms with van der Waals surface area (Å²) in [4.78, 5) is 17.6. The molecule has 3 N–H and O–H groups in total. The largest absolute Gasteiger partial charge is 0.481 e. The molecule has 276 valence electrons. The van der Waals surface area contributed by atoms with Crippen LogP contribution in [0, 0.1) is 62.6 Å². The average Bonchev–Trinajstić information content (AvgIpc) is 3.45. The number of carbonyl (C=O) groups is 1. The predicted octanol–water partition coefficient (Wildman–Crippen LogP) is 6.75. The number of aromatic nitrogens is 4. The first-order chi connectivity index (χ1) is 22.7. The van der Waals surface area contributed by atoms with Crippen molar-refractivity contribution < 1.29 is 19.4 Å². The van der Waals surface area contributed by atoms with Gasteiger partial charge in [-0.15, -0.1) is 5.10 Å². The van der Waals surface area contributed by atoms with Crippen molar-refractivity contribution in [3.05, 3.63) is 11.6 Å². The Morgan fingerprint density at radius 1 is 1.12 bits per heavy atom. The Labute approximate surface area is 295 Å². The van der Waals surface area contributed by atoms with Crippen LogP contribution >= 0.6 is 0 Å². The van der Waals surface area contributed by atoms with Crippen molar-refractivity contribution in [1.29, 1.82) is 0 Å². The van der Waals surface area contributed by atoms with Crippen LogP contribution in [-0.4, -0.2) is 81.7 Å². The molecule has 10 heteroatoms. The molecule has 0 aromatic carbocycles. The number of tetrazole rings is 1. The van der Waals surface area contributed by atoms with E-state index in [0.29, 0.717) is 43.5 Å². The highest BCUT2D eigenvalue weighted by molar-refractivity contribution is 5.73. The maximum Gasteiger partial charge on any atom is 0.307 e. The molecule has 1 aromatic rings. The highest BCUT2D eigenvalue weighted by atomic mass is 16.5. The standard InChI is InChI=1S/C39H66N6O4/c1-23(2)25(5)35(7)17-18-36(8)26-13-14-29-34(6)19-28(45-42-33(40)41-43-45)31(49-21-38(10,24(3)4)44(11)12)39(29,22-48-20-34)27(26)15-16-37(36,9)30(35)32(46)47/h15,23-26,28-31H,13-14,16-22H2,1-12H3,(H2,40,42)(H,46,47)/t25-,26+,28-,29-,30-,31+,34-,35-,36-,37+,38-,39+/m1/s1. The van der Waals surface area contributed by atoms with Gasteiger partial charge in [-0.2, -0.15) is 4.80 Å². The first-order valence-electron chi connectivity index (χ1n) is 19.1. The zero-order valence-electron chi connectivity index (χ0n) is 32.5. The van der Waals surface area contributed by atoms with Gasteiger partial charge in [-0.3, -0.25) is 4.79 Å². The zero-order valence-corrected chi connectivity index (χ0v) is 32.5. The fraction of sp³-hybridized carbons (Fsp3) is 0.897. The lowest BCUT2D eigenvalue weighted by Gasteiger charge is -2.71. The SMILES string of the molecule is CC(C)[C@@H](C)[C@@]1(C)CC[C@]2(C)[C@H]3CC[C@@H]4[C@@]5(C)COC[C@@]4(C3=CC[C@@]2(C)[C@@H]1C(=O)O)[C@@H](OC[C@](C)(C(C)C)N(C)C)[C@H](n1nnc(N)n1)C5. The zero-order chi connectivity index (χ0) is 36.1. The van der Waals surface area contributed by atoms with Gasteiger partial charge in [-0.05, 0) is 116 Å². The molecule has 0 radical (unpaired) electrons. The molecule has 0 spiro atoms. The van der Waals surface area contributed by atoms with Crippen LogP contribution < -0.4 is 5.73 Å². The molecule has 0 unspecified atom stereocenters. The summed E-state index contributed by atoms with van der Waals surface area (Å²) in [5, 5.41) is 24.4. The molecule has 1 aliphatic heterocycles. The lowest BCUT2D eigenvalue weighted by atomic mass is 9.34. The second-order valence-corrected chi connectivity index (χ2v) is 19.3. The molecule has 4 fully saturated rings. The number of rotatable bonds is 9. The summed E-state index contributed by atoms with van der Waals surface area (Å²) in [6, 6.07) is -0.164. The Hall–Kier alpha value is -2.04. The fourth-order valence-electron chi connectivity index (χ4n) is 12.5. The van der Waals surface area contributed by atoms with Crippen LogP contribution in [0.3, 0.4) is 0 Å². The number of fused-ring (bicyclic) bond motifs is 3. The van der Waals surface area contributed by atoms with Crippen molar-refractivity contribution in [3.8, 4) is 0 Å². The minimum Gasteiger partial charge on any atom is -0.481 e. The maximum absolute atomic E-state index is 13.5. The summed E-state index contributed by atoms with van der Waals surface area (Å²) in [6.45, 7) is 24.9. The summed E-state index contributed by atoms with van der Waals surface area (Å²) < 4.78 is 14.1. The van der Waals surface area contributed by atoms with Crippen molar-refractivity contribution in [2.24, 2.45) is 62.6 Å². The molecule has 6 rings (SSSR count). The molecule has 10 nitrogen and oxygen atoms in total. The molecule has 4 aliphatic carbocycles. The normalized spacial score (nSPS) is 43.7. The van der Waals surface area contributed by atoms with E-state index in [9.17, 15) is 9.90 Å². The molecule has 2 bridgehead atoms. The minimum absolute atomic E-state index is 0.108. The number of carboxylic acid groups (broad SMARTS) is 1. The quantitative estimate of drug-likeness (QED) is 0.272. The molecule has 0 amide bonds. The molecule has 1 saturated heterocycles. The first kappa shape index (κ1) is 36.7. The van der Waals surface area contributed by atoms with E-state index in [1.807, 2.05) is 0 Å². The van der Waals surface area contributed by atoms with E-state index in [4.69, 9.17) is 15.2 Å².